The van der Waals surface area contributed by atoms with Crippen LogP contribution >= 0.6 is 23.2 Å². The second-order valence-corrected chi connectivity index (χ2v) is 10.5. The minimum Gasteiger partial charge on any atom is -0.480 e. The summed E-state index contributed by atoms with van der Waals surface area (Å²) in [6, 6.07) is 3.25. The smallest absolute Gasteiger partial charge is 0.327 e. The van der Waals surface area contributed by atoms with Crippen LogP contribution < -0.4 is 16.0 Å². The largest absolute Gasteiger partial charge is 0.480 e. The molecule has 1 aromatic carbocycles. The molecule has 0 radical (unpaired) electrons. The lowest BCUT2D eigenvalue weighted by Crippen LogP contribution is -2.57. The van der Waals surface area contributed by atoms with Gasteiger partial charge in [0.15, 0.2) is 12.0 Å². The Hall–Kier alpha value is -3.93. The molecular weight excluding hydrogens is 589 g/mol. The molecule has 15 heteroatoms. The highest BCUT2D eigenvalue weighted by Crippen LogP contribution is 2.35. The lowest BCUT2D eigenvalue weighted by atomic mass is 9.96. The molecule has 2 amide bonds. The number of aliphatic hydroxyl groups excluding tert-OH is 1. The topological polar surface area (TPSA) is 184 Å². The summed E-state index contributed by atoms with van der Waals surface area (Å²) in [5.74, 6) is -2.07. The number of carboxylic acid groups (broad SMARTS) is 1. The molecule has 0 aliphatic carbocycles. The van der Waals surface area contributed by atoms with Gasteiger partial charge < -0.3 is 24.8 Å². The fraction of sp³-hybridized carbons (Fsp3) is 0.370. The van der Waals surface area contributed by atoms with Crippen molar-refractivity contribution < 1.29 is 29.0 Å². The zero-order valence-corrected chi connectivity index (χ0v) is 23.9. The molecule has 42 heavy (non-hydrogen) atoms. The van der Waals surface area contributed by atoms with Crippen molar-refractivity contribution in [2.45, 2.75) is 37.8 Å². The number of allylic oxidation sites excluding steroid dienone is 1. The Morgan fingerprint density at radius 3 is 2.76 bits per heavy atom. The number of nitrogens with zero attached hydrogens (tertiary/aromatic N) is 4. The highest BCUT2D eigenvalue weighted by molar-refractivity contribution is 6.40. The molecule has 4 rings (SSSR count). The van der Waals surface area contributed by atoms with E-state index < -0.39 is 30.3 Å². The zero-order valence-electron chi connectivity index (χ0n) is 22.3. The minimum atomic E-state index is -1.39. The third kappa shape index (κ3) is 7.10. The van der Waals surface area contributed by atoms with Crippen LogP contribution in [0.25, 0.3) is 0 Å². The van der Waals surface area contributed by atoms with Gasteiger partial charge in [-0.3, -0.25) is 25.1 Å². The number of benzene rings is 1. The number of aliphatic hydroxyl groups is 1. The predicted molar refractivity (Wildman–Crippen MR) is 154 cm³/mol. The summed E-state index contributed by atoms with van der Waals surface area (Å²) < 4.78 is 5.50. The van der Waals surface area contributed by atoms with Crippen LogP contribution in [-0.4, -0.2) is 88.6 Å². The number of carbonyl (C=O) groups excluding carboxylic acids is 2. The highest BCUT2D eigenvalue weighted by atomic mass is 35.5. The zero-order chi connectivity index (χ0) is 30.4. The maximum absolute atomic E-state index is 13.2. The molecule has 0 bridgehead atoms. The normalized spacial score (nSPS) is 18.2. The monoisotopic (exact) mass is 617 g/mol. The van der Waals surface area contributed by atoms with Crippen molar-refractivity contribution in [2.75, 3.05) is 26.2 Å². The second kappa shape index (κ2) is 13.8. The van der Waals surface area contributed by atoms with Crippen molar-refractivity contribution in [3.05, 3.63) is 63.3 Å². The van der Waals surface area contributed by atoms with Crippen LogP contribution in [0.3, 0.4) is 0 Å². The van der Waals surface area contributed by atoms with Gasteiger partial charge in [0, 0.05) is 45.0 Å². The van der Waals surface area contributed by atoms with E-state index in [0.717, 1.165) is 0 Å². The van der Waals surface area contributed by atoms with Crippen molar-refractivity contribution in [2.24, 2.45) is 4.99 Å². The Balaban J connectivity index is 1.45. The van der Waals surface area contributed by atoms with Gasteiger partial charge >= 0.3 is 5.97 Å². The average Bonchev–Trinajstić information content (AvgIpc) is 3.61. The Kier molecular flexibility index (Phi) is 10.2. The van der Waals surface area contributed by atoms with E-state index in [0.29, 0.717) is 43.6 Å². The van der Waals surface area contributed by atoms with E-state index in [1.165, 1.54) is 18.4 Å². The van der Waals surface area contributed by atoms with Crippen LogP contribution in [0.4, 0.5) is 5.88 Å². The lowest BCUT2D eigenvalue weighted by Gasteiger charge is -2.30. The van der Waals surface area contributed by atoms with Crippen LogP contribution in [0.2, 0.25) is 10.0 Å². The number of hydrogen-bond acceptors (Lipinski definition) is 10. The molecule has 3 heterocycles. The van der Waals surface area contributed by atoms with Crippen molar-refractivity contribution in [3.8, 4) is 6.19 Å². The van der Waals surface area contributed by atoms with E-state index >= 15 is 0 Å². The van der Waals surface area contributed by atoms with Crippen LogP contribution in [0, 0.1) is 11.5 Å². The number of fused-ring (bicyclic) bond motifs is 1. The number of hydrogen-bond donors (Lipinski definition) is 5. The molecule has 13 nitrogen and oxygen atoms in total. The number of β-amino-alcohol motifs (C(OH)–C–C–N with tert-alkyl or cyclic N) is 1. The van der Waals surface area contributed by atoms with Gasteiger partial charge in [0.05, 0.1) is 21.7 Å². The van der Waals surface area contributed by atoms with E-state index in [1.807, 2.05) is 0 Å². The van der Waals surface area contributed by atoms with Gasteiger partial charge in [-0.05, 0) is 36.1 Å². The predicted octanol–water partition coefficient (Wildman–Crippen LogP) is 1.87. The first kappa shape index (κ1) is 31.0. The van der Waals surface area contributed by atoms with Crippen LogP contribution in [0.1, 0.15) is 38.5 Å². The molecule has 2 aliphatic heterocycles. The average molecular weight is 618 g/mol. The quantitative estimate of drug-likeness (QED) is 0.108. The number of aliphatic carboxylic acids is 1. The third-order valence-electron chi connectivity index (χ3n) is 6.91. The Labute approximate surface area is 251 Å². The first-order valence-corrected chi connectivity index (χ1v) is 13.8. The first-order valence-electron chi connectivity index (χ1n) is 13.0. The molecule has 5 N–H and O–H groups in total. The number of amides is 2. The van der Waals surface area contributed by atoms with Gasteiger partial charge in [0.2, 0.25) is 5.88 Å². The summed E-state index contributed by atoms with van der Waals surface area (Å²) in [6.07, 6.45) is 4.29. The van der Waals surface area contributed by atoms with Gasteiger partial charge in [-0.15, -0.1) is 0 Å². The van der Waals surface area contributed by atoms with Gasteiger partial charge in [0.25, 0.3) is 11.8 Å². The van der Waals surface area contributed by atoms with Gasteiger partial charge in [-0.25, -0.2) is 9.79 Å². The van der Waals surface area contributed by atoms with Gasteiger partial charge in [-0.1, -0.05) is 35.9 Å². The molecular formula is C27H29Cl2N7O6. The minimum absolute atomic E-state index is 0.00299. The maximum Gasteiger partial charge on any atom is 0.327 e. The van der Waals surface area contributed by atoms with Crippen molar-refractivity contribution in [1.82, 2.24) is 25.8 Å². The summed E-state index contributed by atoms with van der Waals surface area (Å²) in [6.45, 7) is 4.55. The molecule has 222 valence electrons. The van der Waals surface area contributed by atoms with E-state index in [4.69, 9.17) is 32.9 Å². The molecule has 1 saturated heterocycles. The molecule has 1 fully saturated rings. The summed E-state index contributed by atoms with van der Waals surface area (Å²) >= 11 is 13.1. The molecule has 2 aromatic rings. The summed E-state index contributed by atoms with van der Waals surface area (Å²) in [5, 5.41) is 36.6. The van der Waals surface area contributed by atoms with Crippen molar-refractivity contribution in [1.29, 1.82) is 5.26 Å². The molecule has 1 unspecified atom stereocenters. The van der Waals surface area contributed by atoms with Crippen LogP contribution in [0.5, 0.6) is 0 Å². The van der Waals surface area contributed by atoms with Gasteiger partial charge in [-0.2, -0.15) is 5.26 Å². The first-order chi connectivity index (χ1) is 20.1. The number of nitriles is 1. The highest BCUT2D eigenvalue weighted by Gasteiger charge is 2.32. The standard InChI is InChI=1S/C27H29Cl2N7O6/c1-2-7-31-21-4-3-20(42-21)25(39)35-9-6-17-15(12-35)10-18(28)22(23(17)29)24(38)34-19(26(40)41)11-32-27(33-14-30)36-8-5-16(37)13-36/h2-4,7,10,16,19,27,32-33,37H,1,5-6,8-9,11-13H2,(H,34,38)(H,40,41)/b31-7-/t16-,19-,27?/m0/s1. The Morgan fingerprint density at radius 1 is 1.31 bits per heavy atom. The van der Waals surface area contributed by atoms with Crippen molar-refractivity contribution >= 4 is 53.1 Å². The number of halogens is 2. The number of nitrogens with one attached hydrogen (secondary N) is 3. The summed E-state index contributed by atoms with van der Waals surface area (Å²) in [4.78, 5) is 45.5. The number of aliphatic imine (C=N–C) groups is 1. The fourth-order valence-electron chi connectivity index (χ4n) is 4.82. The third-order valence-corrected chi connectivity index (χ3v) is 7.62. The van der Waals surface area contributed by atoms with Crippen molar-refractivity contribution in [3.63, 3.8) is 0 Å². The van der Waals surface area contributed by atoms with E-state index in [9.17, 15) is 24.6 Å². The SMILES string of the molecule is C=C/C=N\c1ccc(C(=O)N2CCc3c(cc(Cl)c(C(=O)N[C@@H](CNC(NC#N)N4CC[C@H](O)C4)C(=O)O)c3Cl)C2)o1. The number of rotatable bonds is 11. The summed E-state index contributed by atoms with van der Waals surface area (Å²) in [7, 11) is 0. The number of carboxylic acids is 1. The molecule has 0 spiro atoms. The Morgan fingerprint density at radius 2 is 2.10 bits per heavy atom. The van der Waals surface area contributed by atoms with Gasteiger partial charge in [0.1, 0.15) is 12.3 Å². The number of likely N-dealkylation sites (tertiary alicyclic amines) is 1. The second-order valence-electron chi connectivity index (χ2n) is 9.68. The molecule has 1 aromatic heterocycles. The maximum atomic E-state index is 13.2. The molecule has 0 saturated carbocycles. The van der Waals surface area contributed by atoms with E-state index in [2.05, 4.69) is 27.5 Å². The van der Waals surface area contributed by atoms with E-state index in [-0.39, 0.29) is 46.2 Å². The Bertz CT molecular complexity index is 1440. The van der Waals surface area contributed by atoms with Crippen LogP contribution in [-0.2, 0) is 17.8 Å². The number of furan rings is 1. The van der Waals surface area contributed by atoms with E-state index in [1.54, 1.807) is 28.1 Å². The lowest BCUT2D eigenvalue weighted by molar-refractivity contribution is -0.139. The molecule has 3 atom stereocenters. The fourth-order valence-corrected chi connectivity index (χ4v) is 5.59. The summed E-state index contributed by atoms with van der Waals surface area (Å²) in [5.41, 5.74) is 1.20. The molecule has 2 aliphatic rings. The van der Waals surface area contributed by atoms with Crippen LogP contribution in [0.15, 0.2) is 40.3 Å². The number of carbonyl (C=O) groups is 3.